The number of imidazole rings is 1. The van der Waals surface area contributed by atoms with Gasteiger partial charge in [-0.2, -0.15) is 0 Å². The molecule has 1 aromatic heterocycles. The number of aromatic nitrogens is 2. The maximum atomic E-state index is 13.7. The van der Waals surface area contributed by atoms with Gasteiger partial charge in [-0.3, -0.25) is 4.79 Å². The zero-order chi connectivity index (χ0) is 17.7. The van der Waals surface area contributed by atoms with Crippen molar-refractivity contribution in [2.75, 3.05) is 0 Å². The molecule has 0 saturated carbocycles. The van der Waals surface area contributed by atoms with Crippen LogP contribution in [0, 0.1) is 5.82 Å². The van der Waals surface area contributed by atoms with Crippen LogP contribution in [-0.4, -0.2) is 32.5 Å². The first-order valence-electron chi connectivity index (χ1n) is 8.06. The maximum absolute atomic E-state index is 13.7. The van der Waals surface area contributed by atoms with Crippen LogP contribution in [-0.2, 0) is 4.79 Å². The highest BCUT2D eigenvalue weighted by molar-refractivity contribution is 6.06. The van der Waals surface area contributed by atoms with Crippen molar-refractivity contribution in [2.24, 2.45) is 0 Å². The first-order valence-corrected chi connectivity index (χ1v) is 8.06. The molecule has 0 aliphatic carbocycles. The van der Waals surface area contributed by atoms with Crippen molar-refractivity contribution < 1.29 is 19.1 Å². The van der Waals surface area contributed by atoms with Crippen LogP contribution < -0.4 is 5.32 Å². The fourth-order valence-electron chi connectivity index (χ4n) is 2.63. The van der Waals surface area contributed by atoms with Crippen molar-refractivity contribution in [2.45, 2.75) is 51.5 Å². The normalized spacial score (nSPS) is 13.6. The first kappa shape index (κ1) is 17.9. The van der Waals surface area contributed by atoms with E-state index in [-0.39, 0.29) is 5.56 Å². The summed E-state index contributed by atoms with van der Waals surface area (Å²) in [7, 11) is 0. The summed E-state index contributed by atoms with van der Waals surface area (Å²) in [4.78, 5) is 30.9. The van der Waals surface area contributed by atoms with Crippen molar-refractivity contribution in [3.63, 3.8) is 0 Å². The van der Waals surface area contributed by atoms with Gasteiger partial charge in [0.05, 0.1) is 17.4 Å². The Hall–Kier alpha value is -2.44. The Balaban J connectivity index is 2.20. The molecule has 1 heterocycles. The molecule has 1 unspecified atom stereocenters. The van der Waals surface area contributed by atoms with Crippen LogP contribution in [0.4, 0.5) is 4.39 Å². The van der Waals surface area contributed by atoms with Gasteiger partial charge >= 0.3 is 5.97 Å². The highest BCUT2D eigenvalue weighted by Crippen LogP contribution is 2.21. The van der Waals surface area contributed by atoms with Crippen LogP contribution in [0.2, 0.25) is 0 Å². The van der Waals surface area contributed by atoms with Crippen molar-refractivity contribution in [1.29, 1.82) is 0 Å². The van der Waals surface area contributed by atoms with E-state index in [9.17, 15) is 19.1 Å². The van der Waals surface area contributed by atoms with E-state index >= 15 is 0 Å². The quantitative estimate of drug-likeness (QED) is 0.645. The zero-order valence-corrected chi connectivity index (χ0v) is 13.9. The second-order valence-electron chi connectivity index (χ2n) is 6.15. The summed E-state index contributed by atoms with van der Waals surface area (Å²) in [5, 5.41) is 12.0. The lowest BCUT2D eigenvalue weighted by Crippen LogP contribution is -2.52. The Kier molecular flexibility index (Phi) is 5.54. The first-order chi connectivity index (χ1) is 11.4. The molecule has 7 heteroatoms. The SMILES string of the molecule is CCCCCCC(C)(NC(=O)c1cc(F)cc2[nH]cnc12)C(=O)O. The van der Waals surface area contributed by atoms with Crippen LogP contribution in [0.5, 0.6) is 0 Å². The molecule has 1 aromatic carbocycles. The topological polar surface area (TPSA) is 95.1 Å². The lowest BCUT2D eigenvalue weighted by Gasteiger charge is -2.26. The summed E-state index contributed by atoms with van der Waals surface area (Å²) in [5.41, 5.74) is -0.681. The van der Waals surface area contributed by atoms with Crippen LogP contribution in [0.15, 0.2) is 18.5 Å². The number of benzene rings is 1. The summed E-state index contributed by atoms with van der Waals surface area (Å²) < 4.78 is 13.7. The minimum Gasteiger partial charge on any atom is -0.480 e. The average Bonchev–Trinajstić information content (AvgIpc) is 2.98. The molecule has 0 saturated heterocycles. The van der Waals surface area contributed by atoms with Crippen LogP contribution in [0.1, 0.15) is 56.3 Å². The number of nitrogens with zero attached hydrogens (tertiary/aromatic N) is 1. The van der Waals surface area contributed by atoms with E-state index < -0.39 is 23.2 Å². The van der Waals surface area contributed by atoms with Gasteiger partial charge < -0.3 is 15.4 Å². The average molecular weight is 335 g/mol. The van der Waals surface area contributed by atoms with Crippen molar-refractivity contribution in [3.8, 4) is 0 Å². The van der Waals surface area contributed by atoms with Gasteiger partial charge in [0.15, 0.2) is 0 Å². The minimum atomic E-state index is -1.40. The zero-order valence-electron chi connectivity index (χ0n) is 13.9. The molecule has 0 fully saturated rings. The van der Waals surface area contributed by atoms with Gasteiger partial charge in [0.1, 0.15) is 16.9 Å². The summed E-state index contributed by atoms with van der Waals surface area (Å²) in [6, 6.07) is 2.30. The number of unbranched alkanes of at least 4 members (excludes halogenated alkanes) is 3. The van der Waals surface area contributed by atoms with Crippen molar-refractivity contribution >= 4 is 22.9 Å². The molecule has 0 spiro atoms. The molecular formula is C17H22FN3O3. The van der Waals surface area contributed by atoms with Crippen LogP contribution >= 0.6 is 0 Å². The standard InChI is InChI=1S/C17H22FN3O3/c1-3-4-5-6-7-17(2,16(23)24)21-15(22)12-8-11(18)9-13-14(12)20-10-19-13/h8-10H,3-7H2,1-2H3,(H,19,20)(H,21,22)(H,23,24). The number of carboxylic acid groups (broad SMARTS) is 1. The molecule has 0 aliphatic rings. The number of amides is 1. The van der Waals surface area contributed by atoms with Gasteiger partial charge in [0.2, 0.25) is 0 Å². The monoisotopic (exact) mass is 335 g/mol. The molecular weight excluding hydrogens is 313 g/mol. The fourth-order valence-corrected chi connectivity index (χ4v) is 2.63. The number of halogens is 1. The van der Waals surface area contributed by atoms with Crippen molar-refractivity contribution in [1.82, 2.24) is 15.3 Å². The Bertz CT molecular complexity index is 744. The number of carbonyl (C=O) groups is 2. The molecule has 6 nitrogen and oxygen atoms in total. The van der Waals surface area contributed by atoms with Crippen LogP contribution in [0.25, 0.3) is 11.0 Å². The molecule has 130 valence electrons. The van der Waals surface area contributed by atoms with E-state index in [0.717, 1.165) is 25.3 Å². The van der Waals surface area contributed by atoms with Crippen LogP contribution in [0.3, 0.4) is 0 Å². The number of rotatable bonds is 8. The van der Waals surface area contributed by atoms with E-state index in [0.29, 0.717) is 23.9 Å². The summed E-state index contributed by atoms with van der Waals surface area (Å²) in [6.45, 7) is 3.54. The predicted octanol–water partition coefficient (Wildman–Crippen LogP) is 3.25. The summed E-state index contributed by atoms with van der Waals surface area (Å²) in [5.74, 6) is -2.34. The minimum absolute atomic E-state index is 0.0206. The third kappa shape index (κ3) is 3.90. The highest BCUT2D eigenvalue weighted by atomic mass is 19.1. The molecule has 24 heavy (non-hydrogen) atoms. The summed E-state index contributed by atoms with van der Waals surface area (Å²) >= 11 is 0. The smallest absolute Gasteiger partial charge is 0.329 e. The Morgan fingerprint density at radius 1 is 1.33 bits per heavy atom. The molecule has 0 radical (unpaired) electrons. The predicted molar refractivity (Wildman–Crippen MR) is 88.3 cm³/mol. The van der Waals surface area contributed by atoms with Gasteiger partial charge in [-0.25, -0.2) is 14.2 Å². The largest absolute Gasteiger partial charge is 0.480 e. The van der Waals surface area contributed by atoms with Crippen molar-refractivity contribution in [3.05, 3.63) is 29.8 Å². The Labute approximate surface area is 139 Å². The molecule has 1 atom stereocenters. The molecule has 0 bridgehead atoms. The Morgan fingerprint density at radius 3 is 2.75 bits per heavy atom. The Morgan fingerprint density at radius 2 is 2.08 bits per heavy atom. The van der Waals surface area contributed by atoms with Gasteiger partial charge in [-0.05, 0) is 25.5 Å². The lowest BCUT2D eigenvalue weighted by atomic mass is 9.93. The van der Waals surface area contributed by atoms with E-state index in [1.165, 1.54) is 19.3 Å². The number of aliphatic carboxylic acids is 1. The van der Waals surface area contributed by atoms with E-state index in [1.807, 2.05) is 0 Å². The third-order valence-corrected chi connectivity index (χ3v) is 4.12. The van der Waals surface area contributed by atoms with Gasteiger partial charge in [0, 0.05) is 0 Å². The van der Waals surface area contributed by atoms with E-state index in [4.69, 9.17) is 0 Å². The van der Waals surface area contributed by atoms with Gasteiger partial charge in [-0.1, -0.05) is 32.6 Å². The number of carbonyl (C=O) groups excluding carboxylic acids is 1. The molecule has 0 aliphatic heterocycles. The fraction of sp³-hybridized carbons (Fsp3) is 0.471. The molecule has 2 aromatic rings. The molecule has 1 amide bonds. The number of nitrogens with one attached hydrogen (secondary N) is 2. The molecule has 3 N–H and O–H groups in total. The lowest BCUT2D eigenvalue weighted by molar-refractivity contribution is -0.144. The second kappa shape index (κ2) is 7.42. The number of hydrogen-bond donors (Lipinski definition) is 3. The summed E-state index contributed by atoms with van der Waals surface area (Å²) in [6.07, 6.45) is 5.32. The number of carboxylic acids is 1. The highest BCUT2D eigenvalue weighted by Gasteiger charge is 2.35. The van der Waals surface area contributed by atoms with Gasteiger partial charge in [0.25, 0.3) is 5.91 Å². The number of hydrogen-bond acceptors (Lipinski definition) is 3. The van der Waals surface area contributed by atoms with E-state index in [1.54, 1.807) is 0 Å². The molecule has 2 rings (SSSR count). The third-order valence-electron chi connectivity index (χ3n) is 4.12. The van der Waals surface area contributed by atoms with E-state index in [2.05, 4.69) is 22.2 Å². The van der Waals surface area contributed by atoms with Gasteiger partial charge in [-0.15, -0.1) is 0 Å². The number of H-pyrrole nitrogens is 1. The second-order valence-corrected chi connectivity index (χ2v) is 6.15. The number of aromatic amines is 1. The number of fused-ring (bicyclic) bond motifs is 1. The maximum Gasteiger partial charge on any atom is 0.329 e.